The molecule has 0 aliphatic heterocycles. The normalized spacial score (nSPS) is 15.6. The zero-order valence-corrected chi connectivity index (χ0v) is 11.2. The van der Waals surface area contributed by atoms with Crippen molar-refractivity contribution in [2.75, 3.05) is 12.0 Å². The third-order valence-electron chi connectivity index (χ3n) is 3.78. The molecule has 1 aromatic rings. The molecule has 1 aliphatic carbocycles. The van der Waals surface area contributed by atoms with Crippen molar-refractivity contribution >= 4 is 5.97 Å². The Kier molecular flexibility index (Phi) is 4.24. The summed E-state index contributed by atoms with van der Waals surface area (Å²) in [5.74, 6) is -0.357. The van der Waals surface area contributed by atoms with Crippen LogP contribution in [0.3, 0.4) is 0 Å². The molecule has 2 rings (SSSR count). The number of aliphatic carboxylic acids is 1. The van der Waals surface area contributed by atoms with Crippen molar-refractivity contribution in [2.24, 2.45) is 5.92 Å². The first-order valence-electron chi connectivity index (χ1n) is 6.74. The summed E-state index contributed by atoms with van der Waals surface area (Å²) in [4.78, 5) is 23.0. The van der Waals surface area contributed by atoms with Crippen molar-refractivity contribution < 1.29 is 9.90 Å². The highest BCUT2D eigenvalue weighted by Crippen LogP contribution is 2.23. The summed E-state index contributed by atoms with van der Waals surface area (Å²) in [6, 6.07) is 1.78. The zero-order chi connectivity index (χ0) is 13.8. The van der Waals surface area contributed by atoms with E-state index in [1.54, 1.807) is 19.2 Å². The topological polar surface area (TPSA) is 71.3 Å². The minimum absolute atomic E-state index is 0.226. The molecule has 1 aliphatic rings. The van der Waals surface area contributed by atoms with Gasteiger partial charge in [-0.1, -0.05) is 12.8 Å². The molecule has 2 N–H and O–H groups in total. The molecule has 1 heterocycles. The van der Waals surface area contributed by atoms with Crippen molar-refractivity contribution in [1.29, 1.82) is 0 Å². The smallest absolute Gasteiger partial charge is 0.308 e. The molecule has 5 heteroatoms. The van der Waals surface area contributed by atoms with Crippen LogP contribution in [0.2, 0.25) is 0 Å². The molecular formula is C14H20N2O3. The third-order valence-corrected chi connectivity index (χ3v) is 3.78. The molecule has 1 fully saturated rings. The minimum Gasteiger partial charge on any atom is -0.481 e. The van der Waals surface area contributed by atoms with Gasteiger partial charge in [-0.25, -0.2) is 4.68 Å². The van der Waals surface area contributed by atoms with Crippen LogP contribution in [-0.4, -0.2) is 22.3 Å². The Hall–Kier alpha value is -1.78. The van der Waals surface area contributed by atoms with E-state index in [-0.39, 0.29) is 12.0 Å². The van der Waals surface area contributed by atoms with E-state index < -0.39 is 5.97 Å². The molecule has 0 atom stereocenters. The highest BCUT2D eigenvalue weighted by atomic mass is 16.4. The van der Waals surface area contributed by atoms with Gasteiger partial charge in [-0.15, -0.1) is 0 Å². The summed E-state index contributed by atoms with van der Waals surface area (Å²) < 4.78 is 1.42. The van der Waals surface area contributed by atoms with Gasteiger partial charge < -0.3 is 10.5 Å². The maximum Gasteiger partial charge on any atom is 0.308 e. The lowest BCUT2D eigenvalue weighted by atomic mass is 10.1. The summed E-state index contributed by atoms with van der Waals surface area (Å²) in [6.45, 7) is 2.54. The number of pyridine rings is 1. The Balaban J connectivity index is 2.12. The van der Waals surface area contributed by atoms with Crippen LogP contribution in [-0.2, 0) is 11.2 Å². The number of nitrogens with one attached hydrogen (secondary N) is 1. The Labute approximate surface area is 112 Å². The van der Waals surface area contributed by atoms with Gasteiger partial charge in [0.25, 0.3) is 5.56 Å². The molecule has 104 valence electrons. The van der Waals surface area contributed by atoms with Crippen LogP contribution in [0.5, 0.6) is 0 Å². The number of aromatic nitrogens is 1. The maximum absolute atomic E-state index is 12.2. The van der Waals surface area contributed by atoms with Crippen molar-refractivity contribution in [1.82, 2.24) is 4.68 Å². The lowest BCUT2D eigenvalue weighted by Gasteiger charge is -2.15. The second-order valence-corrected chi connectivity index (χ2v) is 5.24. The van der Waals surface area contributed by atoms with Crippen LogP contribution in [0.15, 0.2) is 17.1 Å². The zero-order valence-electron chi connectivity index (χ0n) is 11.2. The molecule has 0 saturated heterocycles. The fourth-order valence-corrected chi connectivity index (χ4v) is 2.60. The number of hydrogen-bond donors (Lipinski definition) is 2. The van der Waals surface area contributed by atoms with Gasteiger partial charge in [0.05, 0.1) is 6.42 Å². The third kappa shape index (κ3) is 3.36. The van der Waals surface area contributed by atoms with E-state index in [4.69, 9.17) is 5.11 Å². The molecular weight excluding hydrogens is 244 g/mol. The van der Waals surface area contributed by atoms with E-state index in [1.807, 2.05) is 0 Å². The summed E-state index contributed by atoms with van der Waals surface area (Å²) in [6.07, 6.45) is 6.39. The molecule has 19 heavy (non-hydrogen) atoms. The van der Waals surface area contributed by atoms with Crippen LogP contribution in [0.25, 0.3) is 0 Å². The molecule has 5 nitrogen and oxygen atoms in total. The van der Waals surface area contributed by atoms with Gasteiger partial charge in [0.15, 0.2) is 0 Å². The van der Waals surface area contributed by atoms with Crippen LogP contribution >= 0.6 is 0 Å². The lowest BCUT2D eigenvalue weighted by Crippen LogP contribution is -2.34. The first-order valence-corrected chi connectivity index (χ1v) is 6.74. The first kappa shape index (κ1) is 13.6. The highest BCUT2D eigenvalue weighted by Gasteiger charge is 2.15. The second kappa shape index (κ2) is 5.91. The summed E-state index contributed by atoms with van der Waals surface area (Å²) in [7, 11) is 0. The van der Waals surface area contributed by atoms with Crippen LogP contribution in [0.1, 0.15) is 36.8 Å². The Morgan fingerprint density at radius 1 is 1.47 bits per heavy atom. The minimum atomic E-state index is -0.978. The number of nitrogens with zero attached hydrogens (tertiary/aromatic N) is 1. The van der Waals surface area contributed by atoms with Crippen LogP contribution < -0.4 is 11.0 Å². The van der Waals surface area contributed by atoms with Crippen molar-refractivity contribution in [3.63, 3.8) is 0 Å². The van der Waals surface area contributed by atoms with E-state index in [0.29, 0.717) is 11.5 Å². The van der Waals surface area contributed by atoms with Gasteiger partial charge in [-0.3, -0.25) is 9.59 Å². The fraction of sp³-hybridized carbons (Fsp3) is 0.571. The number of hydrogen-bond acceptors (Lipinski definition) is 3. The molecule has 0 bridgehead atoms. The van der Waals surface area contributed by atoms with E-state index in [1.165, 1.54) is 30.4 Å². The van der Waals surface area contributed by atoms with Gasteiger partial charge in [0, 0.05) is 18.3 Å². The van der Waals surface area contributed by atoms with E-state index >= 15 is 0 Å². The molecule has 1 saturated carbocycles. The highest BCUT2D eigenvalue weighted by molar-refractivity contribution is 5.70. The second-order valence-electron chi connectivity index (χ2n) is 5.24. The van der Waals surface area contributed by atoms with Gasteiger partial charge in [0.1, 0.15) is 0 Å². The summed E-state index contributed by atoms with van der Waals surface area (Å²) >= 11 is 0. The number of carboxylic acids is 1. The van der Waals surface area contributed by atoms with E-state index in [2.05, 4.69) is 5.43 Å². The van der Waals surface area contributed by atoms with Crippen LogP contribution in [0, 0.1) is 12.8 Å². The van der Waals surface area contributed by atoms with E-state index in [0.717, 1.165) is 12.1 Å². The number of carboxylic acid groups (broad SMARTS) is 1. The quantitative estimate of drug-likeness (QED) is 0.845. The molecule has 1 aromatic heterocycles. The van der Waals surface area contributed by atoms with Crippen molar-refractivity contribution in [2.45, 2.75) is 39.0 Å². The van der Waals surface area contributed by atoms with Crippen LogP contribution in [0.4, 0.5) is 0 Å². The average molecular weight is 264 g/mol. The average Bonchev–Trinajstić information content (AvgIpc) is 2.86. The van der Waals surface area contributed by atoms with Gasteiger partial charge in [-0.05, 0) is 37.3 Å². The molecule has 0 aromatic carbocycles. The first-order chi connectivity index (χ1) is 9.08. The van der Waals surface area contributed by atoms with Gasteiger partial charge in [0.2, 0.25) is 0 Å². The Morgan fingerprint density at radius 3 is 2.79 bits per heavy atom. The molecule has 0 unspecified atom stereocenters. The van der Waals surface area contributed by atoms with Crippen molar-refractivity contribution in [3.05, 3.63) is 33.7 Å². The SMILES string of the molecule is Cc1ccn(NCC2CCCC2)c(=O)c1CC(=O)O. The summed E-state index contributed by atoms with van der Waals surface area (Å²) in [5, 5.41) is 8.84. The Bertz CT molecular complexity index is 516. The monoisotopic (exact) mass is 264 g/mol. The van der Waals surface area contributed by atoms with Gasteiger partial charge in [-0.2, -0.15) is 0 Å². The largest absolute Gasteiger partial charge is 0.481 e. The summed E-state index contributed by atoms with van der Waals surface area (Å²) in [5.41, 5.74) is 3.94. The number of rotatable bonds is 5. The number of carbonyl (C=O) groups is 1. The van der Waals surface area contributed by atoms with E-state index in [9.17, 15) is 9.59 Å². The predicted octanol–water partition coefficient (Wildman–Crippen LogP) is 1.52. The standard InChI is InChI=1S/C14H20N2O3/c1-10-6-7-16(14(19)12(10)8-13(17)18)15-9-11-4-2-3-5-11/h6-7,11,15H,2-5,8-9H2,1H3,(H,17,18). The van der Waals surface area contributed by atoms with Gasteiger partial charge >= 0.3 is 5.97 Å². The predicted molar refractivity (Wildman–Crippen MR) is 73.0 cm³/mol. The lowest BCUT2D eigenvalue weighted by molar-refractivity contribution is -0.136. The maximum atomic E-state index is 12.2. The Morgan fingerprint density at radius 2 is 2.16 bits per heavy atom. The van der Waals surface area contributed by atoms with Crippen molar-refractivity contribution in [3.8, 4) is 0 Å². The number of aryl methyl sites for hydroxylation is 1. The fourth-order valence-electron chi connectivity index (χ4n) is 2.60. The molecule has 0 radical (unpaired) electrons. The molecule has 0 amide bonds. The molecule has 0 spiro atoms.